The van der Waals surface area contributed by atoms with E-state index in [0.717, 1.165) is 25.1 Å². The third-order valence-corrected chi connectivity index (χ3v) is 3.99. The number of benzene rings is 1. The zero-order chi connectivity index (χ0) is 14.3. The van der Waals surface area contributed by atoms with Crippen molar-refractivity contribution in [3.05, 3.63) is 29.8 Å². The Bertz CT molecular complexity index is 402. The number of rotatable bonds is 8. The molecule has 1 aromatic carbocycles. The van der Waals surface area contributed by atoms with Crippen molar-refractivity contribution in [2.75, 3.05) is 26.9 Å². The smallest absolute Gasteiger partial charge is 0.119 e. The first-order valence-electron chi connectivity index (χ1n) is 7.35. The first-order chi connectivity index (χ1) is 9.78. The van der Waals surface area contributed by atoms with Crippen molar-refractivity contribution >= 4 is 0 Å². The summed E-state index contributed by atoms with van der Waals surface area (Å²) in [5, 5.41) is 13.1. The summed E-state index contributed by atoms with van der Waals surface area (Å²) in [6.45, 7) is 2.14. The second-order valence-corrected chi connectivity index (χ2v) is 5.49. The molecule has 0 heterocycles. The molecule has 4 heteroatoms. The van der Waals surface area contributed by atoms with E-state index < -0.39 is 0 Å². The number of hydrogen-bond acceptors (Lipinski definition) is 4. The van der Waals surface area contributed by atoms with E-state index in [2.05, 4.69) is 11.4 Å². The summed E-state index contributed by atoms with van der Waals surface area (Å²) in [4.78, 5) is 0. The van der Waals surface area contributed by atoms with Gasteiger partial charge in [0.2, 0.25) is 0 Å². The Labute approximate surface area is 121 Å². The zero-order valence-electron chi connectivity index (χ0n) is 12.2. The van der Waals surface area contributed by atoms with Gasteiger partial charge < -0.3 is 19.9 Å². The van der Waals surface area contributed by atoms with E-state index in [0.29, 0.717) is 13.2 Å². The largest absolute Gasteiger partial charge is 0.491 e. The standard InChI is InChI=1S/C16H25NO3/c1-19-9-10-20-15-6-4-5-14(11-15)12-17-16(13-18)7-2-3-8-16/h4-6,11,17-18H,2-3,7-10,12-13H2,1H3. The Morgan fingerprint density at radius 3 is 2.75 bits per heavy atom. The van der Waals surface area contributed by atoms with E-state index >= 15 is 0 Å². The van der Waals surface area contributed by atoms with Crippen molar-refractivity contribution in [1.82, 2.24) is 5.32 Å². The minimum absolute atomic E-state index is 0.0765. The average molecular weight is 279 g/mol. The van der Waals surface area contributed by atoms with Gasteiger partial charge in [-0.25, -0.2) is 0 Å². The zero-order valence-corrected chi connectivity index (χ0v) is 12.2. The van der Waals surface area contributed by atoms with E-state index in [1.807, 2.05) is 18.2 Å². The fraction of sp³-hybridized carbons (Fsp3) is 0.625. The molecule has 0 saturated heterocycles. The lowest BCUT2D eigenvalue weighted by Crippen LogP contribution is -2.45. The van der Waals surface area contributed by atoms with Crippen LogP contribution in [0.2, 0.25) is 0 Å². The lowest BCUT2D eigenvalue weighted by Gasteiger charge is -2.28. The predicted molar refractivity (Wildman–Crippen MR) is 78.9 cm³/mol. The van der Waals surface area contributed by atoms with Crippen molar-refractivity contribution in [2.45, 2.75) is 37.8 Å². The number of aliphatic hydroxyl groups excluding tert-OH is 1. The molecule has 2 N–H and O–H groups in total. The number of ether oxygens (including phenoxy) is 2. The Morgan fingerprint density at radius 1 is 1.25 bits per heavy atom. The normalized spacial score (nSPS) is 17.3. The Morgan fingerprint density at radius 2 is 2.05 bits per heavy atom. The summed E-state index contributed by atoms with van der Waals surface area (Å²) in [5.74, 6) is 0.867. The van der Waals surface area contributed by atoms with Gasteiger partial charge in [-0.2, -0.15) is 0 Å². The van der Waals surface area contributed by atoms with Gasteiger partial charge in [0, 0.05) is 19.2 Å². The van der Waals surface area contributed by atoms with Crippen LogP contribution in [0.25, 0.3) is 0 Å². The van der Waals surface area contributed by atoms with Gasteiger partial charge in [-0.05, 0) is 30.5 Å². The van der Waals surface area contributed by atoms with Gasteiger partial charge in [0.15, 0.2) is 0 Å². The summed E-state index contributed by atoms with van der Waals surface area (Å²) in [5.41, 5.74) is 1.10. The van der Waals surface area contributed by atoms with Gasteiger partial charge in [-0.1, -0.05) is 25.0 Å². The van der Waals surface area contributed by atoms with Crippen LogP contribution in [-0.4, -0.2) is 37.6 Å². The summed E-state index contributed by atoms with van der Waals surface area (Å²) in [7, 11) is 1.67. The Hall–Kier alpha value is -1.10. The molecule has 0 amide bonds. The molecule has 0 aliphatic heterocycles. The number of hydrogen-bond donors (Lipinski definition) is 2. The first kappa shape index (κ1) is 15.3. The summed E-state index contributed by atoms with van der Waals surface area (Å²) in [6, 6.07) is 8.08. The van der Waals surface area contributed by atoms with Gasteiger partial charge in [-0.3, -0.25) is 0 Å². The molecule has 1 fully saturated rings. The topological polar surface area (TPSA) is 50.7 Å². The molecule has 112 valence electrons. The molecule has 1 aliphatic carbocycles. The van der Waals surface area contributed by atoms with Gasteiger partial charge >= 0.3 is 0 Å². The van der Waals surface area contributed by atoms with E-state index in [-0.39, 0.29) is 12.1 Å². The maximum Gasteiger partial charge on any atom is 0.119 e. The van der Waals surface area contributed by atoms with E-state index in [1.54, 1.807) is 7.11 Å². The second-order valence-electron chi connectivity index (χ2n) is 5.49. The maximum atomic E-state index is 9.59. The first-order valence-corrected chi connectivity index (χ1v) is 7.35. The van der Waals surface area contributed by atoms with Gasteiger partial charge in [0.25, 0.3) is 0 Å². The third-order valence-electron chi connectivity index (χ3n) is 3.99. The molecule has 0 spiro atoms. The number of nitrogens with one attached hydrogen (secondary N) is 1. The SMILES string of the molecule is COCCOc1cccc(CNC2(CO)CCCC2)c1. The monoisotopic (exact) mass is 279 g/mol. The third kappa shape index (κ3) is 4.20. The van der Waals surface area contributed by atoms with Crippen LogP contribution in [0, 0.1) is 0 Å². The van der Waals surface area contributed by atoms with Crippen LogP contribution in [0.3, 0.4) is 0 Å². The highest BCUT2D eigenvalue weighted by molar-refractivity contribution is 5.28. The Kier molecular flexibility index (Phi) is 5.83. The van der Waals surface area contributed by atoms with Crippen molar-refractivity contribution < 1.29 is 14.6 Å². The van der Waals surface area contributed by atoms with Gasteiger partial charge in [0.05, 0.1) is 13.2 Å². The lowest BCUT2D eigenvalue weighted by molar-refractivity contribution is 0.146. The van der Waals surface area contributed by atoms with E-state index in [4.69, 9.17) is 9.47 Å². The van der Waals surface area contributed by atoms with Crippen LogP contribution in [0.1, 0.15) is 31.2 Å². The average Bonchev–Trinajstić information content (AvgIpc) is 2.96. The fourth-order valence-corrected chi connectivity index (χ4v) is 2.72. The lowest BCUT2D eigenvalue weighted by atomic mass is 9.98. The molecule has 0 atom stereocenters. The number of methoxy groups -OCH3 is 1. The molecule has 0 radical (unpaired) electrons. The van der Waals surface area contributed by atoms with Crippen LogP contribution in [-0.2, 0) is 11.3 Å². The van der Waals surface area contributed by atoms with Crippen LogP contribution >= 0.6 is 0 Å². The summed E-state index contributed by atoms with van der Waals surface area (Å²) >= 11 is 0. The van der Waals surface area contributed by atoms with E-state index in [9.17, 15) is 5.11 Å². The molecule has 0 bridgehead atoms. The highest BCUT2D eigenvalue weighted by Crippen LogP contribution is 2.29. The van der Waals surface area contributed by atoms with Crippen LogP contribution in [0.15, 0.2) is 24.3 Å². The summed E-state index contributed by atoms with van der Waals surface area (Å²) < 4.78 is 10.6. The van der Waals surface area contributed by atoms with E-state index in [1.165, 1.54) is 18.4 Å². The van der Waals surface area contributed by atoms with Crippen molar-refractivity contribution in [3.8, 4) is 5.75 Å². The molecule has 4 nitrogen and oxygen atoms in total. The minimum atomic E-state index is -0.0765. The molecule has 0 unspecified atom stereocenters. The highest BCUT2D eigenvalue weighted by atomic mass is 16.5. The van der Waals surface area contributed by atoms with Crippen molar-refractivity contribution in [1.29, 1.82) is 0 Å². The Balaban J connectivity index is 1.87. The molecule has 20 heavy (non-hydrogen) atoms. The van der Waals surface area contributed by atoms with Crippen molar-refractivity contribution in [2.24, 2.45) is 0 Å². The predicted octanol–water partition coefficient (Wildman–Crippen LogP) is 2.11. The molecular weight excluding hydrogens is 254 g/mol. The molecule has 0 aromatic heterocycles. The van der Waals surface area contributed by atoms with Crippen LogP contribution < -0.4 is 10.1 Å². The minimum Gasteiger partial charge on any atom is -0.491 e. The maximum absolute atomic E-state index is 9.59. The highest BCUT2D eigenvalue weighted by Gasteiger charge is 2.32. The second kappa shape index (κ2) is 7.62. The number of aliphatic hydroxyl groups is 1. The molecule has 2 rings (SSSR count). The molecule has 1 saturated carbocycles. The van der Waals surface area contributed by atoms with Gasteiger partial charge in [0.1, 0.15) is 12.4 Å². The summed E-state index contributed by atoms with van der Waals surface area (Å²) in [6.07, 6.45) is 4.53. The van der Waals surface area contributed by atoms with Crippen LogP contribution in [0.5, 0.6) is 5.75 Å². The quantitative estimate of drug-likeness (QED) is 0.716. The van der Waals surface area contributed by atoms with Crippen molar-refractivity contribution in [3.63, 3.8) is 0 Å². The molecule has 1 aliphatic rings. The van der Waals surface area contributed by atoms with Crippen LogP contribution in [0.4, 0.5) is 0 Å². The molecule has 1 aromatic rings. The molecular formula is C16H25NO3. The fourth-order valence-electron chi connectivity index (χ4n) is 2.72. The van der Waals surface area contributed by atoms with Gasteiger partial charge in [-0.15, -0.1) is 0 Å².